The first-order chi connectivity index (χ1) is 11.3. The molecular weight excluding hydrogens is 294 g/mol. The lowest BCUT2D eigenvalue weighted by molar-refractivity contribution is -0.129. The van der Waals surface area contributed by atoms with Gasteiger partial charge in [0.15, 0.2) is 11.5 Å². The van der Waals surface area contributed by atoms with Gasteiger partial charge in [0.25, 0.3) is 0 Å². The third kappa shape index (κ3) is 2.81. The van der Waals surface area contributed by atoms with E-state index >= 15 is 0 Å². The van der Waals surface area contributed by atoms with Gasteiger partial charge < -0.3 is 19.1 Å². The fourth-order valence-electron chi connectivity index (χ4n) is 3.35. The van der Waals surface area contributed by atoms with Crippen molar-refractivity contribution >= 4 is 5.91 Å². The number of hydrogen-bond donors (Lipinski definition) is 0. The minimum absolute atomic E-state index is 0.0499. The smallest absolute Gasteiger partial charge is 0.246 e. The molecule has 1 aromatic carbocycles. The molecule has 0 radical (unpaired) electrons. The van der Waals surface area contributed by atoms with E-state index in [1.165, 1.54) is 24.5 Å². The highest BCUT2D eigenvalue weighted by Gasteiger charge is 2.32. The third-order valence-electron chi connectivity index (χ3n) is 4.74. The van der Waals surface area contributed by atoms with Crippen molar-refractivity contribution in [1.82, 2.24) is 4.90 Å². The van der Waals surface area contributed by atoms with Crippen molar-refractivity contribution in [3.05, 3.63) is 35.9 Å². The Morgan fingerprint density at radius 1 is 1.30 bits per heavy atom. The van der Waals surface area contributed by atoms with Crippen molar-refractivity contribution in [2.45, 2.75) is 37.8 Å². The second-order valence-electron chi connectivity index (χ2n) is 6.38. The number of hydrogen-bond acceptors (Lipinski definition) is 4. The van der Waals surface area contributed by atoms with Crippen molar-refractivity contribution in [2.75, 3.05) is 20.0 Å². The minimum Gasteiger partial charge on any atom is -0.454 e. The van der Waals surface area contributed by atoms with Gasteiger partial charge in [-0.1, -0.05) is 6.58 Å². The first-order valence-corrected chi connectivity index (χ1v) is 8.19. The second kappa shape index (κ2) is 5.89. The molecule has 0 N–H and O–H groups in total. The molecule has 1 atom stereocenters. The summed E-state index contributed by atoms with van der Waals surface area (Å²) in [5, 5.41) is 0. The van der Waals surface area contributed by atoms with E-state index in [2.05, 4.69) is 12.6 Å². The average molecular weight is 315 g/mol. The first-order valence-electron chi connectivity index (χ1n) is 8.19. The van der Waals surface area contributed by atoms with Gasteiger partial charge in [-0.3, -0.25) is 4.79 Å². The van der Waals surface area contributed by atoms with Crippen LogP contribution in [0.4, 0.5) is 0 Å². The Hall–Kier alpha value is -2.01. The van der Waals surface area contributed by atoms with Crippen molar-refractivity contribution in [2.24, 2.45) is 0 Å². The fraction of sp³-hybridized carbons (Fsp3) is 0.500. The lowest BCUT2D eigenvalue weighted by atomic mass is 10.0. The number of nitrogens with zero attached hydrogens (tertiary/aromatic N) is 1. The molecule has 2 aliphatic heterocycles. The first kappa shape index (κ1) is 14.6. The molecule has 4 rings (SSSR count). The van der Waals surface area contributed by atoms with E-state index < -0.39 is 0 Å². The molecule has 1 aliphatic carbocycles. The predicted molar refractivity (Wildman–Crippen MR) is 84.5 cm³/mol. The Labute approximate surface area is 135 Å². The van der Waals surface area contributed by atoms with Crippen LogP contribution in [0.15, 0.2) is 24.8 Å². The molecule has 2 heterocycles. The number of fused-ring (bicyclic) bond motifs is 1. The molecule has 3 aliphatic rings. The Morgan fingerprint density at radius 3 is 2.87 bits per heavy atom. The number of rotatable bonds is 5. The summed E-state index contributed by atoms with van der Waals surface area (Å²) >= 11 is 0. The largest absolute Gasteiger partial charge is 0.454 e. The Kier molecular flexibility index (Phi) is 3.73. The van der Waals surface area contributed by atoms with Gasteiger partial charge in [-0.2, -0.15) is 0 Å². The van der Waals surface area contributed by atoms with Crippen molar-refractivity contribution < 1.29 is 19.0 Å². The summed E-state index contributed by atoms with van der Waals surface area (Å²) in [6, 6.07) is 4.29. The zero-order chi connectivity index (χ0) is 15.8. The summed E-state index contributed by atoms with van der Waals surface area (Å²) in [5.41, 5.74) is 2.31. The molecular formula is C18H21NO4. The number of benzene rings is 1. The van der Waals surface area contributed by atoms with Gasteiger partial charge >= 0.3 is 0 Å². The van der Waals surface area contributed by atoms with Crippen LogP contribution in [0.25, 0.3) is 0 Å². The summed E-state index contributed by atoms with van der Waals surface area (Å²) in [5.74, 6) is 2.22. The van der Waals surface area contributed by atoms with Crippen LogP contribution >= 0.6 is 0 Å². The van der Waals surface area contributed by atoms with Crippen LogP contribution in [0.1, 0.15) is 36.3 Å². The second-order valence-corrected chi connectivity index (χ2v) is 6.38. The Balaban J connectivity index is 1.62. The number of carbonyl (C=O) groups is 1. The van der Waals surface area contributed by atoms with Crippen LogP contribution in [-0.2, 0) is 16.1 Å². The molecule has 1 saturated carbocycles. The number of carbonyl (C=O) groups excluding carboxylic acids is 1. The van der Waals surface area contributed by atoms with Gasteiger partial charge in [0.2, 0.25) is 12.7 Å². The van der Waals surface area contributed by atoms with Crippen LogP contribution in [0.3, 0.4) is 0 Å². The summed E-state index contributed by atoms with van der Waals surface area (Å²) < 4.78 is 16.6. The average Bonchev–Trinajstić information content (AvgIpc) is 3.07. The summed E-state index contributed by atoms with van der Waals surface area (Å²) in [7, 11) is 0. The molecule has 122 valence electrons. The van der Waals surface area contributed by atoms with Crippen molar-refractivity contribution in [3.8, 4) is 11.5 Å². The SMILES string of the molecule is C=CC(=O)N(Cc1cc2c(c(C3CC3)c1)OCO2)C1CCOC1. The molecule has 1 amide bonds. The standard InChI is InChI=1S/C18H21NO4/c1-2-17(20)19(14-5-6-21-10-14)9-12-7-15(13-3-4-13)18-16(8-12)22-11-23-18/h2,7-8,13-14H,1,3-6,9-11H2. The zero-order valence-electron chi connectivity index (χ0n) is 13.1. The lowest BCUT2D eigenvalue weighted by Gasteiger charge is -2.27. The molecule has 0 bridgehead atoms. The number of ether oxygens (including phenoxy) is 3. The van der Waals surface area contributed by atoms with Crippen LogP contribution in [0, 0.1) is 0 Å². The monoisotopic (exact) mass is 315 g/mol. The predicted octanol–water partition coefficient (Wildman–Crippen LogP) is 2.60. The summed E-state index contributed by atoms with van der Waals surface area (Å²) in [6.07, 6.45) is 4.66. The molecule has 23 heavy (non-hydrogen) atoms. The van der Waals surface area contributed by atoms with E-state index in [-0.39, 0.29) is 18.7 Å². The molecule has 1 unspecified atom stereocenters. The van der Waals surface area contributed by atoms with Gasteiger partial charge in [0.05, 0.1) is 12.6 Å². The Morgan fingerprint density at radius 2 is 2.17 bits per heavy atom. The van der Waals surface area contributed by atoms with Gasteiger partial charge in [0.1, 0.15) is 0 Å². The number of amides is 1. The lowest BCUT2D eigenvalue weighted by Crippen LogP contribution is -2.39. The van der Waals surface area contributed by atoms with Crippen molar-refractivity contribution in [1.29, 1.82) is 0 Å². The maximum absolute atomic E-state index is 12.3. The van der Waals surface area contributed by atoms with Crippen LogP contribution in [-0.4, -0.2) is 36.9 Å². The maximum atomic E-state index is 12.3. The minimum atomic E-state index is -0.0499. The Bertz CT molecular complexity index is 632. The highest BCUT2D eigenvalue weighted by molar-refractivity contribution is 5.87. The van der Waals surface area contributed by atoms with E-state index in [0.29, 0.717) is 25.7 Å². The van der Waals surface area contributed by atoms with E-state index in [4.69, 9.17) is 14.2 Å². The van der Waals surface area contributed by atoms with Crippen LogP contribution in [0.5, 0.6) is 11.5 Å². The summed E-state index contributed by atoms with van der Waals surface area (Å²) in [4.78, 5) is 14.1. The van der Waals surface area contributed by atoms with Gasteiger partial charge in [0, 0.05) is 18.7 Å². The molecule has 5 heteroatoms. The van der Waals surface area contributed by atoms with Crippen LogP contribution < -0.4 is 9.47 Å². The summed E-state index contributed by atoms with van der Waals surface area (Å²) in [6.45, 7) is 5.77. The highest BCUT2D eigenvalue weighted by atomic mass is 16.7. The van der Waals surface area contributed by atoms with Crippen molar-refractivity contribution in [3.63, 3.8) is 0 Å². The van der Waals surface area contributed by atoms with Crippen LogP contribution in [0.2, 0.25) is 0 Å². The van der Waals surface area contributed by atoms with Gasteiger partial charge in [-0.05, 0) is 49.0 Å². The highest BCUT2D eigenvalue weighted by Crippen LogP contribution is 2.49. The van der Waals surface area contributed by atoms with Gasteiger partial charge in [-0.25, -0.2) is 0 Å². The molecule has 1 aromatic rings. The molecule has 2 fully saturated rings. The van der Waals surface area contributed by atoms with E-state index in [1.54, 1.807) is 0 Å². The van der Waals surface area contributed by atoms with E-state index in [1.807, 2.05) is 11.0 Å². The topological polar surface area (TPSA) is 48.0 Å². The van der Waals surface area contributed by atoms with Gasteiger partial charge in [-0.15, -0.1) is 0 Å². The van der Waals surface area contributed by atoms with E-state index in [9.17, 15) is 4.79 Å². The molecule has 1 saturated heterocycles. The van der Waals surface area contributed by atoms with E-state index in [0.717, 1.165) is 23.5 Å². The molecule has 5 nitrogen and oxygen atoms in total. The molecule has 0 spiro atoms. The zero-order valence-corrected chi connectivity index (χ0v) is 13.1. The fourth-order valence-corrected chi connectivity index (χ4v) is 3.35. The normalized spacial score (nSPS) is 22.2. The maximum Gasteiger partial charge on any atom is 0.246 e. The molecule has 0 aromatic heterocycles. The quantitative estimate of drug-likeness (QED) is 0.784. The third-order valence-corrected chi connectivity index (χ3v) is 4.74.